The number of halogens is 3. The van der Waals surface area contributed by atoms with Crippen LogP contribution in [0.25, 0.3) is 0 Å². The number of carbonyl (C=O) groups excluding carboxylic acids is 2. The zero-order chi connectivity index (χ0) is 24.2. The molecule has 32 heavy (non-hydrogen) atoms. The maximum Gasteiger partial charge on any atom is 0.416 e. The zero-order valence-electron chi connectivity index (χ0n) is 17.7. The second-order valence-corrected chi connectivity index (χ2v) is 9.72. The van der Waals surface area contributed by atoms with Gasteiger partial charge in [-0.1, -0.05) is 20.8 Å². The van der Waals surface area contributed by atoms with Gasteiger partial charge in [-0.25, -0.2) is 13.1 Å². The van der Waals surface area contributed by atoms with Gasteiger partial charge in [-0.3, -0.25) is 9.59 Å². The Morgan fingerprint density at radius 3 is 1.94 bits per heavy atom. The third-order valence-electron chi connectivity index (χ3n) is 4.28. The van der Waals surface area contributed by atoms with E-state index >= 15 is 0 Å². The first kappa shape index (κ1) is 25.3. The molecular formula is C21H24F3N3O4S. The second kappa shape index (κ2) is 9.70. The molecule has 0 atom stereocenters. The molecule has 0 aliphatic heterocycles. The molecule has 0 heterocycles. The molecule has 0 saturated heterocycles. The Morgan fingerprint density at radius 1 is 0.875 bits per heavy atom. The molecule has 2 aromatic carbocycles. The van der Waals surface area contributed by atoms with Crippen LogP contribution in [0.1, 0.15) is 36.7 Å². The number of sulfonamides is 1. The Balaban J connectivity index is 1.85. The molecule has 0 bridgehead atoms. The smallest absolute Gasteiger partial charge is 0.351 e. The van der Waals surface area contributed by atoms with Crippen LogP contribution < -0.4 is 15.4 Å². The van der Waals surface area contributed by atoms with E-state index in [9.17, 15) is 31.2 Å². The Hall–Kier alpha value is -2.92. The van der Waals surface area contributed by atoms with Crippen molar-refractivity contribution in [2.45, 2.75) is 31.8 Å². The van der Waals surface area contributed by atoms with Gasteiger partial charge in [-0.15, -0.1) is 0 Å². The normalized spacial score (nSPS) is 12.3. The van der Waals surface area contributed by atoms with Crippen molar-refractivity contribution in [1.82, 2.24) is 10.0 Å². The monoisotopic (exact) mass is 471 g/mol. The van der Waals surface area contributed by atoms with E-state index in [1.807, 2.05) is 0 Å². The van der Waals surface area contributed by atoms with Gasteiger partial charge in [0.1, 0.15) is 0 Å². The minimum Gasteiger partial charge on any atom is -0.351 e. The highest BCUT2D eigenvalue weighted by atomic mass is 32.2. The van der Waals surface area contributed by atoms with Gasteiger partial charge in [0.2, 0.25) is 15.9 Å². The lowest BCUT2D eigenvalue weighted by Crippen LogP contribution is -2.34. The largest absolute Gasteiger partial charge is 0.416 e. The van der Waals surface area contributed by atoms with E-state index in [0.29, 0.717) is 23.4 Å². The molecule has 2 amide bonds. The van der Waals surface area contributed by atoms with Crippen LogP contribution in [0, 0.1) is 5.41 Å². The van der Waals surface area contributed by atoms with E-state index in [0.717, 1.165) is 12.1 Å². The summed E-state index contributed by atoms with van der Waals surface area (Å²) in [5.41, 5.74) is -0.674. The van der Waals surface area contributed by atoms with Crippen molar-refractivity contribution in [2.75, 3.05) is 18.4 Å². The van der Waals surface area contributed by atoms with E-state index in [1.54, 1.807) is 32.9 Å². The van der Waals surface area contributed by atoms with Gasteiger partial charge in [-0.05, 0) is 48.5 Å². The third kappa shape index (κ3) is 7.06. The van der Waals surface area contributed by atoms with Gasteiger partial charge in [0.15, 0.2) is 0 Å². The highest BCUT2D eigenvalue weighted by Gasteiger charge is 2.30. The van der Waals surface area contributed by atoms with Crippen LogP contribution >= 0.6 is 0 Å². The van der Waals surface area contributed by atoms with Crippen LogP contribution in [0.3, 0.4) is 0 Å². The average Bonchev–Trinajstić information content (AvgIpc) is 2.70. The summed E-state index contributed by atoms with van der Waals surface area (Å²) in [7, 11) is -4.02. The Bertz CT molecular complexity index is 1060. The molecule has 174 valence electrons. The predicted octanol–water partition coefficient (Wildman–Crippen LogP) is 3.40. The van der Waals surface area contributed by atoms with Gasteiger partial charge >= 0.3 is 6.18 Å². The topological polar surface area (TPSA) is 104 Å². The fraction of sp³-hybridized carbons (Fsp3) is 0.333. The van der Waals surface area contributed by atoms with Gasteiger partial charge in [0, 0.05) is 29.8 Å². The lowest BCUT2D eigenvalue weighted by atomic mass is 9.95. The molecule has 7 nitrogen and oxygen atoms in total. The fourth-order valence-electron chi connectivity index (χ4n) is 2.39. The third-order valence-corrected chi connectivity index (χ3v) is 5.76. The first-order chi connectivity index (χ1) is 14.7. The number of alkyl halides is 3. The molecule has 0 fully saturated rings. The summed E-state index contributed by atoms with van der Waals surface area (Å²) in [5, 5.41) is 5.27. The van der Waals surface area contributed by atoms with E-state index in [2.05, 4.69) is 15.4 Å². The Labute approximate surface area is 184 Å². The first-order valence-corrected chi connectivity index (χ1v) is 11.0. The quantitative estimate of drug-likeness (QED) is 0.539. The highest BCUT2D eigenvalue weighted by Crippen LogP contribution is 2.29. The van der Waals surface area contributed by atoms with Gasteiger partial charge in [-0.2, -0.15) is 13.2 Å². The SMILES string of the molecule is CC(C)(C)C(=O)Nc1ccc(C(=O)NCCNS(=O)(=O)c2ccc(C(F)(F)F)cc2)cc1. The maximum absolute atomic E-state index is 12.6. The number of rotatable bonds is 7. The van der Waals surface area contributed by atoms with Crippen molar-refractivity contribution in [3.05, 3.63) is 59.7 Å². The minimum atomic E-state index is -4.56. The van der Waals surface area contributed by atoms with Gasteiger partial charge < -0.3 is 10.6 Å². The number of hydrogen-bond donors (Lipinski definition) is 3. The summed E-state index contributed by atoms with van der Waals surface area (Å²) in [6, 6.07) is 9.28. The molecular weight excluding hydrogens is 447 g/mol. The molecule has 0 aliphatic carbocycles. The summed E-state index contributed by atoms with van der Waals surface area (Å²) < 4.78 is 64.3. The number of benzene rings is 2. The van der Waals surface area contributed by atoms with E-state index < -0.39 is 33.1 Å². The van der Waals surface area contributed by atoms with Crippen LogP contribution in [0.5, 0.6) is 0 Å². The van der Waals surface area contributed by atoms with Crippen molar-refractivity contribution in [3.63, 3.8) is 0 Å². The lowest BCUT2D eigenvalue weighted by Gasteiger charge is -2.17. The number of nitrogens with one attached hydrogen (secondary N) is 3. The lowest BCUT2D eigenvalue weighted by molar-refractivity contribution is -0.137. The number of anilines is 1. The van der Waals surface area contributed by atoms with Crippen molar-refractivity contribution in [3.8, 4) is 0 Å². The molecule has 3 N–H and O–H groups in total. The van der Waals surface area contributed by atoms with Crippen molar-refractivity contribution < 1.29 is 31.2 Å². The zero-order valence-corrected chi connectivity index (χ0v) is 18.5. The summed E-state index contributed by atoms with van der Waals surface area (Å²) in [4.78, 5) is 23.8. The molecule has 0 radical (unpaired) electrons. The van der Waals surface area contributed by atoms with Crippen LogP contribution in [0.2, 0.25) is 0 Å². The molecule has 0 aromatic heterocycles. The minimum absolute atomic E-state index is 0.0405. The average molecular weight is 472 g/mol. The van der Waals surface area contributed by atoms with E-state index in [-0.39, 0.29) is 23.9 Å². The number of carbonyl (C=O) groups is 2. The summed E-state index contributed by atoms with van der Waals surface area (Å²) >= 11 is 0. The first-order valence-electron chi connectivity index (χ1n) is 9.57. The van der Waals surface area contributed by atoms with Crippen molar-refractivity contribution >= 4 is 27.5 Å². The number of amides is 2. The summed E-state index contributed by atoms with van der Waals surface area (Å²) in [6.07, 6.45) is -4.56. The van der Waals surface area contributed by atoms with Crippen LogP contribution in [-0.2, 0) is 21.0 Å². The molecule has 0 spiro atoms. The van der Waals surface area contributed by atoms with Crippen LogP contribution in [-0.4, -0.2) is 33.3 Å². The standard InChI is InChI=1S/C21H24F3N3O4S/c1-20(2,3)19(29)27-16-8-4-14(5-9-16)18(28)25-12-13-26-32(30,31)17-10-6-15(7-11-17)21(22,23)24/h4-11,26H,12-13H2,1-3H3,(H,25,28)(H,27,29). The van der Waals surface area contributed by atoms with E-state index in [4.69, 9.17) is 0 Å². The Kier molecular flexibility index (Phi) is 7.68. The second-order valence-electron chi connectivity index (χ2n) is 7.96. The van der Waals surface area contributed by atoms with Gasteiger partial charge in [0.25, 0.3) is 5.91 Å². The van der Waals surface area contributed by atoms with Crippen molar-refractivity contribution in [1.29, 1.82) is 0 Å². The summed E-state index contributed by atoms with van der Waals surface area (Å²) in [6.45, 7) is 5.12. The molecule has 0 aliphatic rings. The van der Waals surface area contributed by atoms with Crippen LogP contribution in [0.15, 0.2) is 53.4 Å². The van der Waals surface area contributed by atoms with E-state index in [1.165, 1.54) is 12.1 Å². The predicted molar refractivity (Wildman–Crippen MR) is 113 cm³/mol. The van der Waals surface area contributed by atoms with Gasteiger partial charge in [0.05, 0.1) is 10.5 Å². The maximum atomic E-state index is 12.6. The molecule has 0 unspecified atom stereocenters. The Morgan fingerprint density at radius 2 is 1.44 bits per heavy atom. The van der Waals surface area contributed by atoms with Crippen LogP contribution in [0.4, 0.5) is 18.9 Å². The molecule has 2 rings (SSSR count). The number of hydrogen-bond acceptors (Lipinski definition) is 4. The molecule has 0 saturated carbocycles. The molecule has 2 aromatic rings. The fourth-order valence-corrected chi connectivity index (χ4v) is 3.43. The van der Waals surface area contributed by atoms with Crippen molar-refractivity contribution in [2.24, 2.45) is 5.41 Å². The highest BCUT2D eigenvalue weighted by molar-refractivity contribution is 7.89. The summed E-state index contributed by atoms with van der Waals surface area (Å²) in [5.74, 6) is -0.623. The molecule has 11 heteroatoms.